The number of hydrogen-bond acceptors (Lipinski definition) is 3. The largest absolute Gasteiger partial charge is 0.395 e. The number of hydrogen-bond donors (Lipinski definition) is 2. The maximum atomic E-state index is 10.1. The van der Waals surface area contributed by atoms with E-state index in [2.05, 4.69) is 6.07 Å². The summed E-state index contributed by atoms with van der Waals surface area (Å²) in [6.45, 7) is 5.69. The third-order valence-corrected chi connectivity index (χ3v) is 2.89. The number of aryl methyl sites for hydroxylation is 2. The lowest BCUT2D eigenvalue weighted by Crippen LogP contribution is -2.24. The van der Waals surface area contributed by atoms with E-state index in [0.29, 0.717) is 13.0 Å². The first-order valence-corrected chi connectivity index (χ1v) is 6.08. The van der Waals surface area contributed by atoms with Crippen molar-refractivity contribution < 1.29 is 10.2 Å². The maximum absolute atomic E-state index is 10.1. The first-order chi connectivity index (χ1) is 8.02. The summed E-state index contributed by atoms with van der Waals surface area (Å²) in [4.78, 5) is 2.02. The van der Waals surface area contributed by atoms with E-state index in [9.17, 15) is 5.11 Å². The van der Waals surface area contributed by atoms with Crippen LogP contribution in [-0.4, -0.2) is 41.9 Å². The second-order valence-electron chi connectivity index (χ2n) is 4.75. The molecule has 1 rings (SSSR count). The zero-order valence-electron chi connectivity index (χ0n) is 11.0. The van der Waals surface area contributed by atoms with Gasteiger partial charge in [0, 0.05) is 13.1 Å². The standard InChI is InChI=1S/C14H23NO2/c1-11-8-12(2)10-13(9-11)14(17)4-5-15(3)6-7-16/h8-10,14,16-17H,4-7H2,1-3H3. The highest BCUT2D eigenvalue weighted by Crippen LogP contribution is 2.19. The van der Waals surface area contributed by atoms with E-state index in [0.717, 1.165) is 12.1 Å². The molecule has 1 unspecified atom stereocenters. The molecule has 3 nitrogen and oxygen atoms in total. The summed E-state index contributed by atoms with van der Waals surface area (Å²) in [5, 5.41) is 18.9. The number of likely N-dealkylation sites (N-methyl/N-ethyl adjacent to an activating group) is 1. The molecule has 0 bridgehead atoms. The molecule has 2 N–H and O–H groups in total. The van der Waals surface area contributed by atoms with Crippen LogP contribution in [0, 0.1) is 13.8 Å². The zero-order valence-corrected chi connectivity index (χ0v) is 11.0. The molecule has 1 aromatic rings. The van der Waals surface area contributed by atoms with Gasteiger partial charge in [-0.1, -0.05) is 29.3 Å². The third-order valence-electron chi connectivity index (χ3n) is 2.89. The van der Waals surface area contributed by atoms with E-state index in [1.54, 1.807) is 0 Å². The lowest BCUT2D eigenvalue weighted by molar-refractivity contribution is 0.141. The molecule has 0 aliphatic heterocycles. The van der Waals surface area contributed by atoms with Crippen LogP contribution >= 0.6 is 0 Å². The normalized spacial score (nSPS) is 13.1. The Kier molecular flexibility index (Phi) is 5.62. The van der Waals surface area contributed by atoms with Gasteiger partial charge in [0.15, 0.2) is 0 Å². The zero-order chi connectivity index (χ0) is 12.8. The van der Waals surface area contributed by atoms with Crippen LogP contribution in [0.3, 0.4) is 0 Å². The van der Waals surface area contributed by atoms with Gasteiger partial charge in [-0.3, -0.25) is 0 Å². The van der Waals surface area contributed by atoms with Crippen molar-refractivity contribution in [1.29, 1.82) is 0 Å². The summed E-state index contributed by atoms with van der Waals surface area (Å²) < 4.78 is 0. The Morgan fingerprint density at radius 3 is 2.24 bits per heavy atom. The van der Waals surface area contributed by atoms with E-state index in [1.807, 2.05) is 37.9 Å². The second-order valence-corrected chi connectivity index (χ2v) is 4.75. The Morgan fingerprint density at radius 1 is 1.12 bits per heavy atom. The average molecular weight is 237 g/mol. The highest BCUT2D eigenvalue weighted by molar-refractivity contribution is 5.29. The second kappa shape index (κ2) is 6.74. The van der Waals surface area contributed by atoms with Gasteiger partial charge < -0.3 is 15.1 Å². The molecule has 96 valence electrons. The van der Waals surface area contributed by atoms with Crippen molar-refractivity contribution in [3.8, 4) is 0 Å². The number of aliphatic hydroxyl groups excluding tert-OH is 2. The van der Waals surface area contributed by atoms with Crippen molar-refractivity contribution in [3.05, 3.63) is 34.9 Å². The quantitative estimate of drug-likeness (QED) is 0.790. The molecular weight excluding hydrogens is 214 g/mol. The summed E-state index contributed by atoms with van der Waals surface area (Å²) in [5.41, 5.74) is 3.35. The highest BCUT2D eigenvalue weighted by atomic mass is 16.3. The summed E-state index contributed by atoms with van der Waals surface area (Å²) in [7, 11) is 1.95. The fourth-order valence-electron chi connectivity index (χ4n) is 1.99. The minimum Gasteiger partial charge on any atom is -0.395 e. The average Bonchev–Trinajstić information content (AvgIpc) is 2.25. The van der Waals surface area contributed by atoms with Gasteiger partial charge in [0.05, 0.1) is 12.7 Å². The van der Waals surface area contributed by atoms with Crippen molar-refractivity contribution in [3.63, 3.8) is 0 Å². The predicted molar refractivity (Wildman–Crippen MR) is 70.1 cm³/mol. The van der Waals surface area contributed by atoms with Gasteiger partial charge >= 0.3 is 0 Å². The van der Waals surface area contributed by atoms with Crippen LogP contribution in [-0.2, 0) is 0 Å². The molecule has 0 aliphatic rings. The fraction of sp³-hybridized carbons (Fsp3) is 0.571. The minimum absolute atomic E-state index is 0.163. The van der Waals surface area contributed by atoms with Crippen molar-refractivity contribution in [2.45, 2.75) is 26.4 Å². The van der Waals surface area contributed by atoms with Gasteiger partial charge in [-0.2, -0.15) is 0 Å². The van der Waals surface area contributed by atoms with Crippen LogP contribution in [0.5, 0.6) is 0 Å². The molecule has 0 aromatic heterocycles. The van der Waals surface area contributed by atoms with E-state index in [4.69, 9.17) is 5.11 Å². The lowest BCUT2D eigenvalue weighted by Gasteiger charge is -2.18. The molecule has 3 heteroatoms. The molecule has 0 saturated carbocycles. The molecule has 0 spiro atoms. The Bertz CT molecular complexity index is 332. The topological polar surface area (TPSA) is 43.7 Å². The monoisotopic (exact) mass is 237 g/mol. The molecule has 17 heavy (non-hydrogen) atoms. The molecule has 0 radical (unpaired) electrons. The van der Waals surface area contributed by atoms with Crippen LogP contribution in [0.2, 0.25) is 0 Å². The van der Waals surface area contributed by atoms with Crippen LogP contribution < -0.4 is 0 Å². The first kappa shape index (κ1) is 14.2. The molecule has 1 atom stereocenters. The summed E-state index contributed by atoms with van der Waals surface area (Å²) in [6.07, 6.45) is 0.272. The Morgan fingerprint density at radius 2 is 1.71 bits per heavy atom. The molecule has 0 saturated heterocycles. The minimum atomic E-state index is -0.422. The van der Waals surface area contributed by atoms with E-state index < -0.39 is 6.10 Å². The van der Waals surface area contributed by atoms with Gasteiger partial charge in [-0.05, 0) is 32.9 Å². The number of rotatable bonds is 6. The Hall–Kier alpha value is -0.900. The van der Waals surface area contributed by atoms with Crippen molar-refractivity contribution in [2.75, 3.05) is 26.7 Å². The Balaban J connectivity index is 2.54. The molecule has 0 amide bonds. The Labute approximate surface area is 104 Å². The molecule has 0 aliphatic carbocycles. The van der Waals surface area contributed by atoms with Gasteiger partial charge in [-0.25, -0.2) is 0 Å². The van der Waals surface area contributed by atoms with E-state index in [1.165, 1.54) is 11.1 Å². The van der Waals surface area contributed by atoms with Gasteiger partial charge in [0.25, 0.3) is 0 Å². The van der Waals surface area contributed by atoms with Crippen LogP contribution in [0.15, 0.2) is 18.2 Å². The van der Waals surface area contributed by atoms with Gasteiger partial charge in [0.1, 0.15) is 0 Å². The fourth-order valence-corrected chi connectivity index (χ4v) is 1.99. The van der Waals surface area contributed by atoms with Crippen LogP contribution in [0.4, 0.5) is 0 Å². The van der Waals surface area contributed by atoms with Crippen molar-refractivity contribution in [2.24, 2.45) is 0 Å². The van der Waals surface area contributed by atoms with Gasteiger partial charge in [-0.15, -0.1) is 0 Å². The number of benzene rings is 1. The SMILES string of the molecule is Cc1cc(C)cc(C(O)CCN(C)CCO)c1. The predicted octanol–water partition coefficient (Wildman–Crippen LogP) is 1.65. The molecule has 0 heterocycles. The van der Waals surface area contributed by atoms with Crippen molar-refractivity contribution >= 4 is 0 Å². The lowest BCUT2D eigenvalue weighted by atomic mass is 10.0. The summed E-state index contributed by atoms with van der Waals surface area (Å²) in [6, 6.07) is 6.17. The molecule has 0 fully saturated rings. The van der Waals surface area contributed by atoms with Crippen molar-refractivity contribution in [1.82, 2.24) is 4.90 Å². The maximum Gasteiger partial charge on any atom is 0.0802 e. The molecular formula is C14H23NO2. The van der Waals surface area contributed by atoms with E-state index in [-0.39, 0.29) is 6.61 Å². The summed E-state index contributed by atoms with van der Waals surface area (Å²) in [5.74, 6) is 0. The smallest absolute Gasteiger partial charge is 0.0802 e. The molecule has 1 aromatic carbocycles. The highest BCUT2D eigenvalue weighted by Gasteiger charge is 2.09. The number of aliphatic hydroxyl groups is 2. The van der Waals surface area contributed by atoms with E-state index >= 15 is 0 Å². The van der Waals surface area contributed by atoms with Crippen LogP contribution in [0.1, 0.15) is 29.2 Å². The number of nitrogens with zero attached hydrogens (tertiary/aromatic N) is 1. The third kappa shape index (κ3) is 4.86. The first-order valence-electron chi connectivity index (χ1n) is 6.08. The summed E-state index contributed by atoms with van der Waals surface area (Å²) >= 11 is 0. The van der Waals surface area contributed by atoms with Gasteiger partial charge in [0.2, 0.25) is 0 Å². The van der Waals surface area contributed by atoms with Crippen LogP contribution in [0.25, 0.3) is 0 Å².